The molecular formula is C11H20N2O3. The first-order valence-electron chi connectivity index (χ1n) is 5.71. The molecule has 4 unspecified atom stereocenters. The third-order valence-corrected chi connectivity index (χ3v) is 3.50. The summed E-state index contributed by atoms with van der Waals surface area (Å²) < 4.78 is 0. The minimum absolute atomic E-state index is 0.163. The highest BCUT2D eigenvalue weighted by atomic mass is 16.4. The Hall–Kier alpha value is -1.26. The van der Waals surface area contributed by atoms with Crippen molar-refractivity contribution in [2.45, 2.75) is 45.7 Å². The Bertz CT molecular complexity index is 280. The lowest BCUT2D eigenvalue weighted by Gasteiger charge is -2.20. The first-order chi connectivity index (χ1) is 7.41. The number of carbonyl (C=O) groups is 2. The predicted octanol–water partition coefficient (Wildman–Crippen LogP) is 1.19. The molecule has 5 heteroatoms. The minimum Gasteiger partial charge on any atom is -0.480 e. The molecule has 1 fully saturated rings. The molecule has 1 saturated carbocycles. The number of aliphatic carboxylic acids is 1. The van der Waals surface area contributed by atoms with Gasteiger partial charge >= 0.3 is 12.0 Å². The van der Waals surface area contributed by atoms with Crippen molar-refractivity contribution in [3.63, 3.8) is 0 Å². The normalized spacial score (nSPS) is 30.8. The second kappa shape index (κ2) is 5.18. The zero-order valence-corrected chi connectivity index (χ0v) is 9.99. The number of nitrogens with one attached hydrogen (secondary N) is 2. The van der Waals surface area contributed by atoms with E-state index in [0.717, 1.165) is 12.8 Å². The molecule has 5 nitrogen and oxygen atoms in total. The van der Waals surface area contributed by atoms with E-state index in [2.05, 4.69) is 24.5 Å². The predicted molar refractivity (Wildman–Crippen MR) is 60.1 cm³/mol. The van der Waals surface area contributed by atoms with E-state index in [9.17, 15) is 9.59 Å². The van der Waals surface area contributed by atoms with Gasteiger partial charge in [-0.1, -0.05) is 13.8 Å². The SMILES string of the molecule is CC(NC(=O)NC1CCC(C)C1C)C(=O)O. The van der Waals surface area contributed by atoms with E-state index in [1.54, 1.807) is 0 Å². The summed E-state index contributed by atoms with van der Waals surface area (Å²) in [7, 11) is 0. The molecule has 0 radical (unpaired) electrons. The van der Waals surface area contributed by atoms with Gasteiger partial charge in [0, 0.05) is 6.04 Å². The maximum absolute atomic E-state index is 11.5. The van der Waals surface area contributed by atoms with Crippen molar-refractivity contribution < 1.29 is 14.7 Å². The van der Waals surface area contributed by atoms with Crippen molar-refractivity contribution in [3.8, 4) is 0 Å². The average Bonchev–Trinajstić information content (AvgIpc) is 2.49. The Morgan fingerprint density at radius 3 is 2.38 bits per heavy atom. The topological polar surface area (TPSA) is 78.4 Å². The number of amides is 2. The lowest BCUT2D eigenvalue weighted by molar-refractivity contribution is -0.138. The highest BCUT2D eigenvalue weighted by molar-refractivity contribution is 5.82. The molecule has 1 aliphatic carbocycles. The summed E-state index contributed by atoms with van der Waals surface area (Å²) in [6, 6.07) is -1.08. The Morgan fingerprint density at radius 2 is 1.94 bits per heavy atom. The van der Waals surface area contributed by atoms with Gasteiger partial charge in [0.05, 0.1) is 0 Å². The minimum atomic E-state index is -1.03. The van der Waals surface area contributed by atoms with Gasteiger partial charge < -0.3 is 15.7 Å². The molecule has 4 atom stereocenters. The summed E-state index contributed by atoms with van der Waals surface area (Å²) in [5, 5.41) is 13.9. The fraction of sp³-hybridized carbons (Fsp3) is 0.818. The highest BCUT2D eigenvalue weighted by Crippen LogP contribution is 2.30. The molecular weight excluding hydrogens is 208 g/mol. The van der Waals surface area contributed by atoms with Crippen LogP contribution in [0.15, 0.2) is 0 Å². The Kier molecular flexibility index (Phi) is 4.15. The summed E-state index contributed by atoms with van der Waals surface area (Å²) in [6.45, 7) is 5.73. The Balaban J connectivity index is 2.37. The molecule has 0 aromatic rings. The van der Waals surface area contributed by atoms with Crippen molar-refractivity contribution in [1.29, 1.82) is 0 Å². The van der Waals surface area contributed by atoms with Crippen LogP contribution in [0.5, 0.6) is 0 Å². The summed E-state index contributed by atoms with van der Waals surface area (Å²) in [6.07, 6.45) is 2.08. The quantitative estimate of drug-likeness (QED) is 0.679. The van der Waals surface area contributed by atoms with Gasteiger partial charge in [0.15, 0.2) is 0 Å². The molecule has 0 aliphatic heterocycles. The number of carbonyl (C=O) groups excluding carboxylic acids is 1. The van der Waals surface area contributed by atoms with Crippen LogP contribution in [0.25, 0.3) is 0 Å². The average molecular weight is 228 g/mol. The first-order valence-corrected chi connectivity index (χ1v) is 5.71. The van der Waals surface area contributed by atoms with E-state index < -0.39 is 12.0 Å². The zero-order chi connectivity index (χ0) is 12.3. The molecule has 0 spiro atoms. The number of hydrogen-bond acceptors (Lipinski definition) is 2. The van der Waals surface area contributed by atoms with E-state index >= 15 is 0 Å². The summed E-state index contributed by atoms with van der Waals surface area (Å²) in [5.41, 5.74) is 0. The van der Waals surface area contributed by atoms with Gasteiger partial charge in [0.1, 0.15) is 6.04 Å². The van der Waals surface area contributed by atoms with Gasteiger partial charge in [-0.15, -0.1) is 0 Å². The van der Waals surface area contributed by atoms with E-state index in [1.807, 2.05) is 0 Å². The van der Waals surface area contributed by atoms with E-state index in [-0.39, 0.29) is 12.1 Å². The number of urea groups is 1. The van der Waals surface area contributed by atoms with Crippen LogP contribution in [0.3, 0.4) is 0 Å². The van der Waals surface area contributed by atoms with Gasteiger partial charge in [-0.2, -0.15) is 0 Å². The van der Waals surface area contributed by atoms with Crippen LogP contribution >= 0.6 is 0 Å². The maximum Gasteiger partial charge on any atom is 0.325 e. The molecule has 1 rings (SSSR count). The molecule has 92 valence electrons. The Labute approximate surface area is 95.6 Å². The summed E-state index contributed by atoms with van der Waals surface area (Å²) in [5.74, 6) is 0.0380. The molecule has 0 aromatic carbocycles. The molecule has 0 heterocycles. The number of carboxylic acids is 1. The standard InChI is InChI=1S/C11H20N2O3/c1-6-4-5-9(7(6)2)13-11(16)12-8(3)10(14)15/h6-9H,4-5H2,1-3H3,(H,14,15)(H2,12,13,16). The monoisotopic (exact) mass is 228 g/mol. The van der Waals surface area contributed by atoms with E-state index in [1.165, 1.54) is 6.92 Å². The van der Waals surface area contributed by atoms with Crippen LogP contribution in [0.4, 0.5) is 4.79 Å². The number of hydrogen-bond donors (Lipinski definition) is 3. The third-order valence-electron chi connectivity index (χ3n) is 3.50. The van der Waals surface area contributed by atoms with Crippen molar-refractivity contribution in [3.05, 3.63) is 0 Å². The molecule has 3 N–H and O–H groups in total. The second-order valence-electron chi connectivity index (χ2n) is 4.70. The van der Waals surface area contributed by atoms with Crippen LogP contribution < -0.4 is 10.6 Å². The van der Waals surface area contributed by atoms with Crippen molar-refractivity contribution in [1.82, 2.24) is 10.6 Å². The van der Waals surface area contributed by atoms with Gasteiger partial charge in [0.2, 0.25) is 0 Å². The van der Waals surface area contributed by atoms with Crippen LogP contribution in [0.2, 0.25) is 0 Å². The van der Waals surface area contributed by atoms with Gasteiger partial charge in [-0.05, 0) is 31.6 Å². The number of carboxylic acid groups (broad SMARTS) is 1. The maximum atomic E-state index is 11.5. The third kappa shape index (κ3) is 3.12. The van der Waals surface area contributed by atoms with Crippen LogP contribution in [0, 0.1) is 11.8 Å². The van der Waals surface area contributed by atoms with Gasteiger partial charge in [-0.25, -0.2) is 4.79 Å². The largest absolute Gasteiger partial charge is 0.480 e. The van der Waals surface area contributed by atoms with Crippen LogP contribution in [-0.4, -0.2) is 29.2 Å². The molecule has 0 saturated heterocycles. The smallest absolute Gasteiger partial charge is 0.325 e. The zero-order valence-electron chi connectivity index (χ0n) is 9.99. The molecule has 0 aromatic heterocycles. The molecule has 0 bridgehead atoms. The molecule has 1 aliphatic rings. The highest BCUT2D eigenvalue weighted by Gasteiger charge is 2.31. The van der Waals surface area contributed by atoms with Crippen LogP contribution in [-0.2, 0) is 4.79 Å². The van der Waals surface area contributed by atoms with E-state index in [4.69, 9.17) is 5.11 Å². The van der Waals surface area contributed by atoms with Gasteiger partial charge in [-0.3, -0.25) is 4.79 Å². The van der Waals surface area contributed by atoms with Crippen molar-refractivity contribution in [2.24, 2.45) is 11.8 Å². The Morgan fingerprint density at radius 1 is 1.31 bits per heavy atom. The van der Waals surface area contributed by atoms with Crippen LogP contribution in [0.1, 0.15) is 33.6 Å². The fourth-order valence-corrected chi connectivity index (χ4v) is 2.04. The van der Waals surface area contributed by atoms with Crippen molar-refractivity contribution in [2.75, 3.05) is 0 Å². The lowest BCUT2D eigenvalue weighted by atomic mass is 9.98. The summed E-state index contributed by atoms with van der Waals surface area (Å²) in [4.78, 5) is 22.0. The second-order valence-corrected chi connectivity index (χ2v) is 4.70. The molecule has 2 amide bonds. The molecule has 16 heavy (non-hydrogen) atoms. The van der Waals surface area contributed by atoms with E-state index in [0.29, 0.717) is 11.8 Å². The first kappa shape index (κ1) is 12.8. The summed E-state index contributed by atoms with van der Waals surface area (Å²) >= 11 is 0. The fourth-order valence-electron chi connectivity index (χ4n) is 2.04. The van der Waals surface area contributed by atoms with Gasteiger partial charge in [0.25, 0.3) is 0 Å². The van der Waals surface area contributed by atoms with Crippen molar-refractivity contribution >= 4 is 12.0 Å². The lowest BCUT2D eigenvalue weighted by Crippen LogP contribution is -2.48. The number of rotatable bonds is 3.